The third kappa shape index (κ3) is 7.14. The lowest BCUT2D eigenvalue weighted by molar-refractivity contribution is 0.00197. The Kier molecular flexibility index (Phi) is 9.27. The largest absolute Gasteiger partial charge is 0.478 e. The first-order valence-electron chi connectivity index (χ1n) is 9.61. The fraction of sp³-hybridized carbons (Fsp3) is 0.364. The molecule has 1 atom stereocenters. The number of methoxy groups -OCH3 is 1. The SMILES string of the molecule is COCCOCCO[C@H](C)CN(C(=O)c1ccc(N)cc1)c1ccc(C(=O)O)cc1. The number of carbonyl (C=O) groups excluding carboxylic acids is 1. The average molecular weight is 416 g/mol. The first-order chi connectivity index (χ1) is 14.4. The molecular weight excluding hydrogens is 388 g/mol. The zero-order valence-electron chi connectivity index (χ0n) is 17.2. The Hall–Kier alpha value is -2.94. The van der Waals surface area contributed by atoms with Gasteiger partial charge in [0.15, 0.2) is 0 Å². The van der Waals surface area contributed by atoms with Crippen LogP contribution in [0.3, 0.4) is 0 Å². The van der Waals surface area contributed by atoms with Crippen molar-refractivity contribution < 1.29 is 28.9 Å². The molecule has 0 saturated carbocycles. The minimum Gasteiger partial charge on any atom is -0.478 e. The molecule has 8 heteroatoms. The molecule has 0 unspecified atom stereocenters. The number of carbonyl (C=O) groups is 2. The molecule has 2 rings (SSSR count). The summed E-state index contributed by atoms with van der Waals surface area (Å²) >= 11 is 0. The number of nitrogens with two attached hydrogens (primary N) is 1. The number of nitrogens with zero attached hydrogens (tertiary/aromatic N) is 1. The Balaban J connectivity index is 2.09. The van der Waals surface area contributed by atoms with E-state index in [1.807, 2.05) is 6.92 Å². The van der Waals surface area contributed by atoms with E-state index in [0.717, 1.165) is 0 Å². The van der Waals surface area contributed by atoms with Gasteiger partial charge < -0.3 is 30.0 Å². The molecular formula is C22H28N2O6. The van der Waals surface area contributed by atoms with Crippen molar-refractivity contribution in [2.45, 2.75) is 13.0 Å². The van der Waals surface area contributed by atoms with Gasteiger partial charge in [-0.25, -0.2) is 4.79 Å². The number of carboxylic acid groups (broad SMARTS) is 1. The monoisotopic (exact) mass is 416 g/mol. The summed E-state index contributed by atoms with van der Waals surface area (Å²) in [4.78, 5) is 25.8. The third-order valence-corrected chi connectivity index (χ3v) is 4.33. The summed E-state index contributed by atoms with van der Waals surface area (Å²) in [5.74, 6) is -1.26. The molecule has 3 N–H and O–H groups in total. The highest BCUT2D eigenvalue weighted by Crippen LogP contribution is 2.20. The van der Waals surface area contributed by atoms with Gasteiger partial charge in [-0.3, -0.25) is 4.79 Å². The van der Waals surface area contributed by atoms with E-state index in [4.69, 9.17) is 25.1 Å². The molecule has 8 nitrogen and oxygen atoms in total. The van der Waals surface area contributed by atoms with Crippen LogP contribution in [-0.2, 0) is 14.2 Å². The number of amides is 1. The predicted octanol–water partition coefficient (Wildman–Crippen LogP) is 2.68. The average Bonchev–Trinajstić information content (AvgIpc) is 2.74. The lowest BCUT2D eigenvalue weighted by Crippen LogP contribution is -2.38. The zero-order valence-corrected chi connectivity index (χ0v) is 17.2. The second-order valence-corrected chi connectivity index (χ2v) is 6.68. The molecule has 0 bridgehead atoms. The standard InChI is InChI=1S/C22H28N2O6/c1-16(30-14-13-29-12-11-28-2)15-24(20-9-5-18(6-10-20)22(26)27)21(25)17-3-7-19(23)8-4-17/h3-10,16H,11-15,23H2,1-2H3,(H,26,27)/t16-/m1/s1. The van der Waals surface area contributed by atoms with Crippen LogP contribution < -0.4 is 10.6 Å². The molecule has 0 saturated heterocycles. The van der Waals surface area contributed by atoms with Crippen molar-refractivity contribution in [3.05, 3.63) is 59.7 Å². The summed E-state index contributed by atoms with van der Waals surface area (Å²) in [5, 5.41) is 9.12. The molecule has 30 heavy (non-hydrogen) atoms. The fourth-order valence-corrected chi connectivity index (χ4v) is 2.73. The number of ether oxygens (including phenoxy) is 3. The Bertz CT molecular complexity index is 807. The van der Waals surface area contributed by atoms with E-state index in [2.05, 4.69) is 0 Å². The summed E-state index contributed by atoms with van der Waals surface area (Å²) in [6.07, 6.45) is -0.270. The van der Waals surface area contributed by atoms with Gasteiger partial charge in [0.2, 0.25) is 0 Å². The third-order valence-electron chi connectivity index (χ3n) is 4.33. The van der Waals surface area contributed by atoms with Crippen LogP contribution in [-0.4, -0.2) is 63.2 Å². The highest BCUT2D eigenvalue weighted by atomic mass is 16.5. The van der Waals surface area contributed by atoms with Gasteiger partial charge in [-0.1, -0.05) is 0 Å². The Morgan fingerprint density at radius 2 is 1.57 bits per heavy atom. The summed E-state index contributed by atoms with van der Waals surface area (Å²) in [6, 6.07) is 12.8. The van der Waals surface area contributed by atoms with E-state index in [9.17, 15) is 9.59 Å². The minimum atomic E-state index is -1.02. The number of aromatic carboxylic acids is 1. The molecule has 1 amide bonds. The normalized spacial score (nSPS) is 11.8. The lowest BCUT2D eigenvalue weighted by Gasteiger charge is -2.26. The number of nitrogen functional groups attached to an aromatic ring is 1. The van der Waals surface area contributed by atoms with E-state index in [1.165, 1.54) is 12.1 Å². The molecule has 0 heterocycles. The van der Waals surface area contributed by atoms with Crippen molar-refractivity contribution in [1.82, 2.24) is 0 Å². The Morgan fingerprint density at radius 1 is 0.967 bits per heavy atom. The second kappa shape index (κ2) is 11.9. The predicted molar refractivity (Wildman–Crippen MR) is 114 cm³/mol. The van der Waals surface area contributed by atoms with Crippen LogP contribution in [0.4, 0.5) is 11.4 Å². The number of hydrogen-bond acceptors (Lipinski definition) is 6. The molecule has 0 aromatic heterocycles. The van der Waals surface area contributed by atoms with Gasteiger partial charge in [-0.2, -0.15) is 0 Å². The topological polar surface area (TPSA) is 111 Å². The van der Waals surface area contributed by atoms with Gasteiger partial charge in [0.05, 0.1) is 44.6 Å². The van der Waals surface area contributed by atoms with E-state index in [1.54, 1.807) is 48.4 Å². The van der Waals surface area contributed by atoms with Crippen molar-refractivity contribution in [2.75, 3.05) is 50.7 Å². The number of carboxylic acids is 1. The number of benzene rings is 2. The molecule has 0 aliphatic heterocycles. The van der Waals surface area contributed by atoms with Crippen molar-refractivity contribution >= 4 is 23.3 Å². The lowest BCUT2D eigenvalue weighted by atomic mass is 10.1. The van der Waals surface area contributed by atoms with Gasteiger partial charge in [0, 0.05) is 24.0 Å². The molecule has 0 radical (unpaired) electrons. The van der Waals surface area contributed by atoms with Crippen molar-refractivity contribution in [2.24, 2.45) is 0 Å². The maximum atomic E-state index is 13.1. The molecule has 162 valence electrons. The Labute approximate surface area is 176 Å². The summed E-state index contributed by atoms with van der Waals surface area (Å²) in [5.41, 5.74) is 7.48. The number of hydrogen-bond donors (Lipinski definition) is 2. The van der Waals surface area contributed by atoms with Crippen LogP contribution in [0, 0.1) is 0 Å². The molecule has 2 aromatic carbocycles. The van der Waals surface area contributed by atoms with Crippen LogP contribution in [0.2, 0.25) is 0 Å². The Morgan fingerprint density at radius 3 is 2.17 bits per heavy atom. The van der Waals surface area contributed by atoms with Crippen molar-refractivity contribution in [1.29, 1.82) is 0 Å². The minimum absolute atomic E-state index is 0.149. The molecule has 0 aliphatic rings. The first-order valence-corrected chi connectivity index (χ1v) is 9.61. The van der Waals surface area contributed by atoms with Gasteiger partial charge in [0.25, 0.3) is 5.91 Å². The number of anilines is 2. The maximum absolute atomic E-state index is 13.1. The summed E-state index contributed by atoms with van der Waals surface area (Å²) < 4.78 is 16.1. The highest BCUT2D eigenvalue weighted by molar-refractivity contribution is 6.06. The van der Waals surface area contributed by atoms with E-state index < -0.39 is 5.97 Å². The van der Waals surface area contributed by atoms with Crippen molar-refractivity contribution in [3.63, 3.8) is 0 Å². The van der Waals surface area contributed by atoms with Gasteiger partial charge >= 0.3 is 5.97 Å². The first kappa shape index (κ1) is 23.3. The fourth-order valence-electron chi connectivity index (χ4n) is 2.73. The maximum Gasteiger partial charge on any atom is 0.335 e. The molecule has 0 spiro atoms. The summed E-state index contributed by atoms with van der Waals surface area (Å²) in [6.45, 7) is 3.97. The number of rotatable bonds is 12. The van der Waals surface area contributed by atoms with Gasteiger partial charge in [-0.05, 0) is 55.5 Å². The van der Waals surface area contributed by atoms with Crippen LogP contribution in [0.1, 0.15) is 27.6 Å². The van der Waals surface area contributed by atoms with E-state index >= 15 is 0 Å². The van der Waals surface area contributed by atoms with Crippen molar-refractivity contribution in [3.8, 4) is 0 Å². The van der Waals surface area contributed by atoms with Crippen LogP contribution in [0.5, 0.6) is 0 Å². The van der Waals surface area contributed by atoms with Crippen LogP contribution in [0.25, 0.3) is 0 Å². The quantitative estimate of drug-likeness (QED) is 0.404. The second-order valence-electron chi connectivity index (χ2n) is 6.68. The van der Waals surface area contributed by atoms with Crippen LogP contribution in [0.15, 0.2) is 48.5 Å². The molecule has 0 aliphatic carbocycles. The van der Waals surface area contributed by atoms with E-state index in [0.29, 0.717) is 43.4 Å². The van der Waals surface area contributed by atoms with Crippen LogP contribution >= 0.6 is 0 Å². The van der Waals surface area contributed by atoms with Gasteiger partial charge in [0.1, 0.15) is 0 Å². The molecule has 2 aromatic rings. The highest BCUT2D eigenvalue weighted by Gasteiger charge is 2.21. The van der Waals surface area contributed by atoms with E-state index in [-0.39, 0.29) is 24.1 Å². The zero-order chi connectivity index (χ0) is 21.9. The smallest absolute Gasteiger partial charge is 0.335 e. The summed E-state index contributed by atoms with van der Waals surface area (Å²) in [7, 11) is 1.61. The van der Waals surface area contributed by atoms with Gasteiger partial charge in [-0.15, -0.1) is 0 Å². The molecule has 0 fully saturated rings.